The number of carbonyl (C=O) groups excluding carboxylic acids is 1. The van der Waals surface area contributed by atoms with E-state index in [1.165, 1.54) is 19.1 Å². The fraction of sp³-hybridized carbons (Fsp3) is 0.500. The van der Waals surface area contributed by atoms with E-state index in [2.05, 4.69) is 4.98 Å². The minimum absolute atomic E-state index is 0.0801. The molecule has 0 bridgehead atoms. The molecule has 94 valence electrons. The van der Waals surface area contributed by atoms with Gasteiger partial charge in [-0.2, -0.15) is 13.2 Å². The molecule has 1 aromatic rings. The van der Waals surface area contributed by atoms with Crippen LogP contribution in [0.25, 0.3) is 0 Å². The van der Waals surface area contributed by atoms with Gasteiger partial charge in [-0.3, -0.25) is 4.79 Å². The molecular weight excluding hydrogens is 231 g/mol. The molecule has 17 heavy (non-hydrogen) atoms. The normalized spacial score (nSPS) is 13.8. The third kappa shape index (κ3) is 3.28. The number of nitrogens with zero attached hydrogens (tertiary/aromatic N) is 1. The van der Waals surface area contributed by atoms with Crippen molar-refractivity contribution in [1.82, 2.24) is 4.98 Å². The number of Topliss-reactive ketones (excluding diaryl/α,β-unsaturated/α-hetero) is 1. The molecule has 1 atom stereocenters. The lowest BCUT2D eigenvalue weighted by Crippen LogP contribution is -2.18. The average molecular weight is 245 g/mol. The first-order valence-electron chi connectivity index (χ1n) is 5.28. The third-order valence-electron chi connectivity index (χ3n) is 2.48. The fourth-order valence-corrected chi connectivity index (χ4v) is 1.80. The highest BCUT2D eigenvalue weighted by molar-refractivity contribution is 5.83. The van der Waals surface area contributed by atoms with E-state index in [0.717, 1.165) is 6.07 Å². The Balaban J connectivity index is 3.18. The van der Waals surface area contributed by atoms with Crippen LogP contribution in [0.3, 0.4) is 0 Å². The van der Waals surface area contributed by atoms with Gasteiger partial charge in [-0.1, -0.05) is 19.9 Å². The van der Waals surface area contributed by atoms with Crippen LogP contribution >= 0.6 is 0 Å². The molecule has 0 amide bonds. The summed E-state index contributed by atoms with van der Waals surface area (Å²) in [6.45, 7) is 4.94. The van der Waals surface area contributed by atoms with Gasteiger partial charge in [0.2, 0.25) is 0 Å². The van der Waals surface area contributed by atoms with Crippen LogP contribution in [-0.4, -0.2) is 10.8 Å². The van der Waals surface area contributed by atoms with Crippen LogP contribution in [0.5, 0.6) is 0 Å². The molecule has 0 aliphatic rings. The lowest BCUT2D eigenvalue weighted by Gasteiger charge is -2.18. The number of halogens is 3. The molecule has 0 aliphatic heterocycles. The molecule has 1 aromatic heterocycles. The molecule has 0 N–H and O–H groups in total. The van der Waals surface area contributed by atoms with Crippen molar-refractivity contribution in [2.24, 2.45) is 5.92 Å². The van der Waals surface area contributed by atoms with Crippen molar-refractivity contribution in [3.05, 3.63) is 29.6 Å². The summed E-state index contributed by atoms with van der Waals surface area (Å²) >= 11 is 0. The van der Waals surface area contributed by atoms with Crippen molar-refractivity contribution in [3.63, 3.8) is 0 Å². The maximum absolute atomic E-state index is 12.5. The molecule has 0 aliphatic carbocycles. The molecule has 1 unspecified atom stereocenters. The summed E-state index contributed by atoms with van der Waals surface area (Å²) in [5.41, 5.74) is -0.774. The van der Waals surface area contributed by atoms with Crippen LogP contribution < -0.4 is 0 Å². The Kier molecular flexibility index (Phi) is 3.91. The topological polar surface area (TPSA) is 30.0 Å². The first-order valence-corrected chi connectivity index (χ1v) is 5.28. The lowest BCUT2D eigenvalue weighted by molar-refractivity contribution is -0.141. The van der Waals surface area contributed by atoms with Crippen LogP contribution in [0.4, 0.5) is 13.2 Å². The number of hydrogen-bond donors (Lipinski definition) is 0. The molecular formula is C12H14F3NO. The minimum atomic E-state index is -4.48. The molecule has 0 fully saturated rings. The second kappa shape index (κ2) is 4.85. The minimum Gasteiger partial charge on any atom is -0.299 e. The largest absolute Gasteiger partial charge is 0.433 e. The van der Waals surface area contributed by atoms with Gasteiger partial charge in [-0.05, 0) is 25.0 Å². The monoisotopic (exact) mass is 245 g/mol. The summed E-state index contributed by atoms with van der Waals surface area (Å²) in [4.78, 5) is 15.0. The predicted octanol–water partition coefficient (Wildman–Crippen LogP) is 3.43. The highest BCUT2D eigenvalue weighted by atomic mass is 19.4. The Bertz CT molecular complexity index is 412. The SMILES string of the molecule is CC(=O)C(c1cccc(C(F)(F)F)n1)C(C)C. The lowest BCUT2D eigenvalue weighted by atomic mass is 9.88. The van der Waals surface area contributed by atoms with E-state index >= 15 is 0 Å². The summed E-state index contributed by atoms with van der Waals surface area (Å²) in [6, 6.07) is 3.64. The molecule has 5 heteroatoms. The van der Waals surface area contributed by atoms with E-state index in [1.807, 2.05) is 0 Å². The van der Waals surface area contributed by atoms with Crippen LogP contribution in [0.2, 0.25) is 0 Å². The van der Waals surface area contributed by atoms with E-state index in [0.29, 0.717) is 0 Å². The van der Waals surface area contributed by atoms with Gasteiger partial charge in [0.1, 0.15) is 11.5 Å². The van der Waals surface area contributed by atoms with E-state index in [4.69, 9.17) is 0 Å². The highest BCUT2D eigenvalue weighted by Crippen LogP contribution is 2.30. The average Bonchev–Trinajstić information content (AvgIpc) is 2.15. The molecule has 0 radical (unpaired) electrons. The molecule has 0 spiro atoms. The Labute approximate surface area is 97.9 Å². The van der Waals surface area contributed by atoms with Gasteiger partial charge in [-0.15, -0.1) is 0 Å². The van der Waals surface area contributed by atoms with Gasteiger partial charge in [0, 0.05) is 0 Å². The first-order chi connectivity index (χ1) is 7.73. The Morgan fingerprint density at radius 1 is 1.29 bits per heavy atom. The van der Waals surface area contributed by atoms with E-state index < -0.39 is 17.8 Å². The predicted molar refractivity (Wildman–Crippen MR) is 57.5 cm³/mol. The van der Waals surface area contributed by atoms with Crippen molar-refractivity contribution in [1.29, 1.82) is 0 Å². The van der Waals surface area contributed by atoms with Crippen molar-refractivity contribution >= 4 is 5.78 Å². The zero-order chi connectivity index (χ0) is 13.2. The van der Waals surface area contributed by atoms with Crippen molar-refractivity contribution in [2.45, 2.75) is 32.9 Å². The number of aromatic nitrogens is 1. The van der Waals surface area contributed by atoms with Crippen LogP contribution in [0.1, 0.15) is 38.1 Å². The van der Waals surface area contributed by atoms with Crippen LogP contribution in [0.15, 0.2) is 18.2 Å². The van der Waals surface area contributed by atoms with Gasteiger partial charge in [0.25, 0.3) is 0 Å². The van der Waals surface area contributed by atoms with Crippen LogP contribution in [0, 0.1) is 5.92 Å². The number of alkyl halides is 3. The van der Waals surface area contributed by atoms with Gasteiger partial charge >= 0.3 is 6.18 Å². The molecule has 1 heterocycles. The molecule has 0 saturated heterocycles. The van der Waals surface area contributed by atoms with Crippen molar-refractivity contribution < 1.29 is 18.0 Å². The van der Waals surface area contributed by atoms with Crippen molar-refractivity contribution in [2.75, 3.05) is 0 Å². The third-order valence-corrected chi connectivity index (χ3v) is 2.48. The first kappa shape index (κ1) is 13.7. The molecule has 0 aromatic carbocycles. The number of rotatable bonds is 3. The maximum Gasteiger partial charge on any atom is 0.433 e. The smallest absolute Gasteiger partial charge is 0.299 e. The molecule has 0 saturated carbocycles. The fourth-order valence-electron chi connectivity index (χ4n) is 1.80. The second-order valence-electron chi connectivity index (χ2n) is 4.28. The van der Waals surface area contributed by atoms with Gasteiger partial charge in [0.05, 0.1) is 11.6 Å². The standard InChI is InChI=1S/C12H14F3NO/c1-7(2)11(8(3)17)9-5-4-6-10(16-9)12(13,14)15/h4-7,11H,1-3H3. The molecule has 1 rings (SSSR count). The number of carbonyl (C=O) groups is 1. The maximum atomic E-state index is 12.5. The van der Waals surface area contributed by atoms with E-state index in [1.54, 1.807) is 13.8 Å². The Morgan fingerprint density at radius 3 is 2.29 bits per heavy atom. The Morgan fingerprint density at radius 2 is 1.88 bits per heavy atom. The van der Waals surface area contributed by atoms with Crippen molar-refractivity contribution in [3.8, 4) is 0 Å². The quantitative estimate of drug-likeness (QED) is 0.816. The zero-order valence-electron chi connectivity index (χ0n) is 9.88. The van der Waals surface area contributed by atoms with E-state index in [9.17, 15) is 18.0 Å². The summed E-state index contributed by atoms with van der Waals surface area (Å²) < 4.78 is 37.5. The van der Waals surface area contributed by atoms with Crippen LogP contribution in [-0.2, 0) is 11.0 Å². The second-order valence-corrected chi connectivity index (χ2v) is 4.28. The number of pyridine rings is 1. The summed E-state index contributed by atoms with van der Waals surface area (Å²) in [5, 5.41) is 0. The van der Waals surface area contributed by atoms with Gasteiger partial charge in [0.15, 0.2) is 0 Å². The Hall–Kier alpha value is -1.39. The van der Waals surface area contributed by atoms with E-state index in [-0.39, 0.29) is 17.4 Å². The number of hydrogen-bond acceptors (Lipinski definition) is 2. The summed E-state index contributed by atoms with van der Waals surface area (Å²) in [5.74, 6) is -0.840. The summed E-state index contributed by atoms with van der Waals surface area (Å²) in [7, 11) is 0. The number of ketones is 1. The zero-order valence-corrected chi connectivity index (χ0v) is 9.88. The highest BCUT2D eigenvalue weighted by Gasteiger charge is 2.33. The molecule has 2 nitrogen and oxygen atoms in total. The van der Waals surface area contributed by atoms with Gasteiger partial charge in [-0.25, -0.2) is 4.98 Å². The van der Waals surface area contributed by atoms with Gasteiger partial charge < -0.3 is 0 Å². The summed E-state index contributed by atoms with van der Waals surface area (Å²) in [6.07, 6.45) is -4.48.